The van der Waals surface area contributed by atoms with Crippen molar-refractivity contribution in [1.82, 2.24) is 14.6 Å². The molecule has 0 aliphatic carbocycles. The standard InChI is InChI=1S/C15H12F3N3O5S2/c1-3-25-14(22)11-12(26-28(23,24)15(16,17)18)19-13(27-11)10-8(2)20-21-7-5-4-6-9(10)21/h4-7H,3H2,1-2H3. The van der Waals surface area contributed by atoms with Gasteiger partial charge in [-0.15, -0.1) is 11.3 Å². The summed E-state index contributed by atoms with van der Waals surface area (Å²) in [5, 5.41) is 4.32. The van der Waals surface area contributed by atoms with Gasteiger partial charge in [0.25, 0.3) is 5.88 Å². The Kier molecular flexibility index (Phi) is 5.06. The molecular weight excluding hydrogens is 423 g/mol. The van der Waals surface area contributed by atoms with E-state index in [1.807, 2.05) is 0 Å². The number of rotatable bonds is 5. The van der Waals surface area contributed by atoms with Crippen molar-refractivity contribution in [2.24, 2.45) is 0 Å². The second-order valence-electron chi connectivity index (χ2n) is 5.35. The molecule has 3 rings (SSSR count). The maximum atomic E-state index is 12.7. The van der Waals surface area contributed by atoms with Gasteiger partial charge in [-0.25, -0.2) is 9.31 Å². The van der Waals surface area contributed by atoms with Gasteiger partial charge in [0.15, 0.2) is 4.88 Å². The first-order valence-corrected chi connectivity index (χ1v) is 9.90. The van der Waals surface area contributed by atoms with Gasteiger partial charge in [-0.05, 0) is 26.0 Å². The van der Waals surface area contributed by atoms with E-state index in [1.54, 1.807) is 31.3 Å². The van der Waals surface area contributed by atoms with Crippen LogP contribution in [0.3, 0.4) is 0 Å². The zero-order chi connectivity index (χ0) is 20.7. The van der Waals surface area contributed by atoms with Crippen LogP contribution in [-0.4, -0.2) is 41.1 Å². The number of fused-ring (bicyclic) bond motifs is 1. The van der Waals surface area contributed by atoms with Gasteiger partial charge in [-0.2, -0.15) is 31.7 Å². The van der Waals surface area contributed by atoms with E-state index < -0.39 is 32.4 Å². The number of aromatic nitrogens is 3. The van der Waals surface area contributed by atoms with Gasteiger partial charge in [0.1, 0.15) is 5.01 Å². The van der Waals surface area contributed by atoms with E-state index in [0.29, 0.717) is 28.1 Å². The van der Waals surface area contributed by atoms with Crippen LogP contribution in [0, 0.1) is 6.92 Å². The minimum absolute atomic E-state index is 0.0640. The second-order valence-corrected chi connectivity index (χ2v) is 7.88. The smallest absolute Gasteiger partial charge is 0.462 e. The fourth-order valence-corrected chi connectivity index (χ4v) is 3.80. The number of nitrogens with zero attached hydrogens (tertiary/aromatic N) is 3. The Bertz CT molecular complexity index is 1150. The van der Waals surface area contributed by atoms with Gasteiger partial charge in [-0.1, -0.05) is 6.07 Å². The summed E-state index contributed by atoms with van der Waals surface area (Å²) in [4.78, 5) is 15.4. The number of halogens is 3. The number of thiazole rings is 1. The normalized spacial score (nSPS) is 12.3. The fourth-order valence-electron chi connectivity index (χ4n) is 2.33. The number of alkyl halides is 3. The van der Waals surface area contributed by atoms with Gasteiger partial charge < -0.3 is 8.92 Å². The molecule has 0 fully saturated rings. The second kappa shape index (κ2) is 7.05. The molecule has 3 heterocycles. The summed E-state index contributed by atoms with van der Waals surface area (Å²) in [6, 6.07) is 5.12. The number of hydrogen-bond acceptors (Lipinski definition) is 8. The minimum Gasteiger partial charge on any atom is -0.462 e. The lowest BCUT2D eigenvalue weighted by molar-refractivity contribution is -0.0501. The van der Waals surface area contributed by atoms with Crippen LogP contribution in [-0.2, 0) is 14.9 Å². The van der Waals surface area contributed by atoms with Crippen molar-refractivity contribution in [2.75, 3.05) is 6.61 Å². The van der Waals surface area contributed by atoms with Crippen molar-refractivity contribution in [1.29, 1.82) is 0 Å². The van der Waals surface area contributed by atoms with E-state index >= 15 is 0 Å². The van der Waals surface area contributed by atoms with Crippen molar-refractivity contribution >= 4 is 32.9 Å². The van der Waals surface area contributed by atoms with E-state index in [0.717, 1.165) is 0 Å². The molecule has 0 bridgehead atoms. The lowest BCUT2D eigenvalue weighted by Crippen LogP contribution is -2.28. The molecule has 0 aliphatic rings. The number of carbonyl (C=O) groups excluding carboxylic acids is 1. The molecule has 0 saturated carbocycles. The monoisotopic (exact) mass is 435 g/mol. The topological polar surface area (TPSA) is 99.9 Å². The first-order chi connectivity index (χ1) is 13.0. The molecule has 3 aromatic rings. The molecule has 8 nitrogen and oxygen atoms in total. The maximum Gasteiger partial charge on any atom is 0.534 e. The molecule has 0 N–H and O–H groups in total. The molecule has 3 aromatic heterocycles. The molecule has 0 spiro atoms. The highest BCUT2D eigenvalue weighted by molar-refractivity contribution is 7.88. The molecule has 0 aromatic carbocycles. The van der Waals surface area contributed by atoms with Crippen molar-refractivity contribution in [3.63, 3.8) is 0 Å². The number of hydrogen-bond donors (Lipinski definition) is 0. The van der Waals surface area contributed by atoms with Gasteiger partial charge >= 0.3 is 21.6 Å². The Balaban J connectivity index is 2.17. The van der Waals surface area contributed by atoms with Crippen LogP contribution in [0.15, 0.2) is 24.4 Å². The van der Waals surface area contributed by atoms with E-state index in [1.165, 1.54) is 11.4 Å². The van der Waals surface area contributed by atoms with Crippen molar-refractivity contribution < 1.29 is 35.3 Å². The lowest BCUT2D eigenvalue weighted by Gasteiger charge is -2.08. The first-order valence-electron chi connectivity index (χ1n) is 7.68. The van der Waals surface area contributed by atoms with E-state index in [2.05, 4.69) is 14.3 Å². The Morgan fingerprint density at radius 3 is 2.68 bits per heavy atom. The zero-order valence-corrected chi connectivity index (χ0v) is 16.0. The number of carbonyl (C=O) groups is 1. The molecule has 0 amide bonds. The van der Waals surface area contributed by atoms with Crippen molar-refractivity contribution in [3.8, 4) is 16.5 Å². The molecule has 0 atom stereocenters. The van der Waals surface area contributed by atoms with E-state index in [9.17, 15) is 26.4 Å². The number of pyridine rings is 1. The maximum absolute atomic E-state index is 12.7. The summed E-state index contributed by atoms with van der Waals surface area (Å²) in [5.41, 5.74) is -4.21. The van der Waals surface area contributed by atoms with Gasteiger partial charge in [0, 0.05) is 6.20 Å². The largest absolute Gasteiger partial charge is 0.534 e. The minimum atomic E-state index is -6.01. The summed E-state index contributed by atoms with van der Waals surface area (Å²) >= 11 is 0.650. The van der Waals surface area contributed by atoms with Crippen LogP contribution in [0.1, 0.15) is 22.3 Å². The average Bonchev–Trinajstić information content (AvgIpc) is 3.13. The highest BCUT2D eigenvalue weighted by Crippen LogP contribution is 2.38. The Morgan fingerprint density at radius 2 is 2.04 bits per heavy atom. The quantitative estimate of drug-likeness (QED) is 0.345. The number of ether oxygens (including phenoxy) is 1. The lowest BCUT2D eigenvalue weighted by atomic mass is 10.2. The van der Waals surface area contributed by atoms with Gasteiger partial charge in [-0.3, -0.25) is 0 Å². The summed E-state index contributed by atoms with van der Waals surface area (Å²) in [6.45, 7) is 3.05. The van der Waals surface area contributed by atoms with Crippen molar-refractivity contribution in [3.05, 3.63) is 35.0 Å². The van der Waals surface area contributed by atoms with Gasteiger partial charge in [0.05, 0.1) is 23.4 Å². The van der Waals surface area contributed by atoms with Crippen LogP contribution in [0.2, 0.25) is 0 Å². The predicted molar refractivity (Wildman–Crippen MR) is 92.6 cm³/mol. The SMILES string of the molecule is CCOC(=O)c1sc(-c2c(C)nn3ccccc23)nc1OS(=O)(=O)C(F)(F)F. The molecule has 13 heteroatoms. The average molecular weight is 435 g/mol. The Labute approximate surface area is 160 Å². The zero-order valence-electron chi connectivity index (χ0n) is 14.3. The highest BCUT2D eigenvalue weighted by atomic mass is 32.2. The molecule has 28 heavy (non-hydrogen) atoms. The van der Waals surface area contributed by atoms with E-state index in [4.69, 9.17) is 4.74 Å². The van der Waals surface area contributed by atoms with Crippen LogP contribution < -0.4 is 4.18 Å². The molecule has 0 saturated heterocycles. The first kappa shape index (κ1) is 20.1. The van der Waals surface area contributed by atoms with Crippen LogP contribution >= 0.6 is 11.3 Å². The van der Waals surface area contributed by atoms with Gasteiger partial charge in [0.2, 0.25) is 0 Å². The molecule has 0 unspecified atom stereocenters. The van der Waals surface area contributed by atoms with Crippen molar-refractivity contribution in [2.45, 2.75) is 19.4 Å². The van der Waals surface area contributed by atoms with Crippen LogP contribution in [0.5, 0.6) is 5.88 Å². The third-order valence-electron chi connectivity index (χ3n) is 3.46. The Hall–Kier alpha value is -2.67. The van der Waals surface area contributed by atoms with Crippen LogP contribution in [0.25, 0.3) is 16.1 Å². The summed E-state index contributed by atoms with van der Waals surface area (Å²) in [7, 11) is -6.01. The highest BCUT2D eigenvalue weighted by Gasteiger charge is 2.49. The predicted octanol–water partition coefficient (Wildman–Crippen LogP) is 3.17. The van der Waals surface area contributed by atoms with Crippen LogP contribution in [0.4, 0.5) is 13.2 Å². The number of esters is 1. The molecule has 150 valence electrons. The summed E-state index contributed by atoms with van der Waals surface area (Å²) in [6.07, 6.45) is 1.65. The Morgan fingerprint density at radius 1 is 1.32 bits per heavy atom. The molecule has 0 radical (unpaired) electrons. The fraction of sp³-hybridized carbons (Fsp3) is 0.267. The molecular formula is C15H12F3N3O5S2. The third kappa shape index (κ3) is 3.54. The summed E-state index contributed by atoms with van der Waals surface area (Å²) in [5.74, 6) is -2.04. The summed E-state index contributed by atoms with van der Waals surface area (Å²) < 4.78 is 71.2. The third-order valence-corrected chi connectivity index (χ3v) is 5.44. The number of aryl methyl sites for hydroxylation is 1. The molecule has 0 aliphatic heterocycles. The van der Waals surface area contributed by atoms with E-state index in [-0.39, 0.29) is 11.6 Å².